The molecule has 2 heterocycles. The Morgan fingerprint density at radius 1 is 1.20 bits per heavy atom. The molecular formula is C15H10FNO2S. The first kappa shape index (κ1) is 12.7. The molecule has 0 aliphatic carbocycles. The standard InChI is InChI=1S/C15H10FNO2S/c16-12-4-2-1-3-10(12)13(18)9-17-7-5-14-11(15(17)19)6-8-20-14/h1-8H,9H2. The van der Waals surface area contributed by atoms with Gasteiger partial charge in [0.15, 0.2) is 5.78 Å². The molecule has 0 N–H and O–H groups in total. The summed E-state index contributed by atoms with van der Waals surface area (Å²) in [4.78, 5) is 24.2. The van der Waals surface area contributed by atoms with Crippen LogP contribution in [0.2, 0.25) is 0 Å². The number of aromatic nitrogens is 1. The number of nitrogens with zero attached hydrogens (tertiary/aromatic N) is 1. The number of Topliss-reactive ketones (excluding diaryl/α,β-unsaturated/α-hetero) is 1. The van der Waals surface area contributed by atoms with Crippen molar-refractivity contribution >= 4 is 27.2 Å². The smallest absolute Gasteiger partial charge is 0.259 e. The molecule has 1 aromatic carbocycles. The number of hydrogen-bond donors (Lipinski definition) is 0. The lowest BCUT2D eigenvalue weighted by atomic mass is 10.1. The van der Waals surface area contributed by atoms with Gasteiger partial charge in [0.1, 0.15) is 5.82 Å². The van der Waals surface area contributed by atoms with Gasteiger partial charge >= 0.3 is 0 Å². The number of carbonyl (C=O) groups excluding carboxylic acids is 1. The Labute approximate surface area is 117 Å². The van der Waals surface area contributed by atoms with Crippen LogP contribution in [0.4, 0.5) is 4.39 Å². The van der Waals surface area contributed by atoms with Crippen LogP contribution >= 0.6 is 11.3 Å². The SMILES string of the molecule is O=C(Cn1ccc2sccc2c1=O)c1ccccc1F. The Morgan fingerprint density at radius 2 is 2.00 bits per heavy atom. The van der Waals surface area contributed by atoms with E-state index in [2.05, 4.69) is 0 Å². The summed E-state index contributed by atoms with van der Waals surface area (Å²) in [6.07, 6.45) is 1.57. The van der Waals surface area contributed by atoms with Gasteiger partial charge in [0.2, 0.25) is 0 Å². The molecule has 2 aromatic heterocycles. The van der Waals surface area contributed by atoms with Crippen LogP contribution in [0.25, 0.3) is 10.1 Å². The quantitative estimate of drug-likeness (QED) is 0.694. The van der Waals surface area contributed by atoms with Gasteiger partial charge < -0.3 is 4.57 Å². The Hall–Kier alpha value is -2.27. The Balaban J connectivity index is 1.97. The minimum Gasteiger partial charge on any atom is -0.307 e. The van der Waals surface area contributed by atoms with Gasteiger partial charge in [-0.05, 0) is 29.6 Å². The highest BCUT2D eigenvalue weighted by Crippen LogP contribution is 2.16. The van der Waals surface area contributed by atoms with Crippen molar-refractivity contribution in [1.29, 1.82) is 0 Å². The first-order valence-corrected chi connectivity index (χ1v) is 6.89. The number of benzene rings is 1. The van der Waals surface area contributed by atoms with E-state index < -0.39 is 11.6 Å². The van der Waals surface area contributed by atoms with Crippen molar-refractivity contribution in [2.24, 2.45) is 0 Å². The highest BCUT2D eigenvalue weighted by molar-refractivity contribution is 7.17. The van der Waals surface area contributed by atoms with Crippen LogP contribution in [0.3, 0.4) is 0 Å². The summed E-state index contributed by atoms with van der Waals surface area (Å²) in [6.45, 7) is -0.161. The molecular weight excluding hydrogens is 277 g/mol. The minimum atomic E-state index is -0.567. The van der Waals surface area contributed by atoms with Gasteiger partial charge in [-0.1, -0.05) is 12.1 Å². The predicted octanol–water partition coefficient (Wildman–Crippen LogP) is 3.09. The van der Waals surface area contributed by atoms with Crippen molar-refractivity contribution in [2.45, 2.75) is 6.54 Å². The Bertz CT molecular complexity index is 850. The van der Waals surface area contributed by atoms with E-state index in [-0.39, 0.29) is 17.7 Å². The van der Waals surface area contributed by atoms with Gasteiger partial charge in [0, 0.05) is 10.9 Å². The molecule has 0 radical (unpaired) electrons. The van der Waals surface area contributed by atoms with E-state index in [1.165, 1.54) is 34.1 Å². The largest absolute Gasteiger partial charge is 0.307 e. The average molecular weight is 287 g/mol. The number of pyridine rings is 1. The van der Waals surface area contributed by atoms with Crippen LogP contribution in [0.15, 0.2) is 52.8 Å². The molecule has 0 amide bonds. The second-order valence-corrected chi connectivity index (χ2v) is 5.30. The van der Waals surface area contributed by atoms with Crippen LogP contribution < -0.4 is 5.56 Å². The molecule has 0 atom stereocenters. The maximum absolute atomic E-state index is 13.5. The minimum absolute atomic E-state index is 0.00446. The molecule has 0 bridgehead atoms. The van der Waals surface area contributed by atoms with Crippen LogP contribution in [-0.2, 0) is 6.54 Å². The molecule has 0 saturated carbocycles. The van der Waals surface area contributed by atoms with Gasteiger partial charge in [-0.2, -0.15) is 0 Å². The van der Waals surface area contributed by atoms with E-state index in [9.17, 15) is 14.0 Å². The molecule has 5 heteroatoms. The summed E-state index contributed by atoms with van der Waals surface area (Å²) in [6, 6.07) is 9.29. The van der Waals surface area contributed by atoms with E-state index >= 15 is 0 Å². The molecule has 20 heavy (non-hydrogen) atoms. The van der Waals surface area contributed by atoms with Gasteiger partial charge in [0.05, 0.1) is 17.5 Å². The van der Waals surface area contributed by atoms with Crippen molar-refractivity contribution < 1.29 is 9.18 Å². The molecule has 0 spiro atoms. The van der Waals surface area contributed by atoms with E-state index in [4.69, 9.17) is 0 Å². The van der Waals surface area contributed by atoms with Gasteiger partial charge in [-0.3, -0.25) is 9.59 Å². The number of hydrogen-bond acceptors (Lipinski definition) is 3. The highest BCUT2D eigenvalue weighted by atomic mass is 32.1. The third-order valence-electron chi connectivity index (χ3n) is 3.08. The van der Waals surface area contributed by atoms with E-state index in [1.807, 2.05) is 5.38 Å². The molecule has 0 aliphatic rings. The predicted molar refractivity (Wildman–Crippen MR) is 76.8 cm³/mol. The van der Waals surface area contributed by atoms with Crippen molar-refractivity contribution in [3.8, 4) is 0 Å². The monoisotopic (exact) mass is 287 g/mol. The molecule has 0 saturated heterocycles. The van der Waals surface area contributed by atoms with Crippen LogP contribution in [0.5, 0.6) is 0 Å². The number of thiophene rings is 1. The average Bonchev–Trinajstić information content (AvgIpc) is 2.91. The Kier molecular flexibility index (Phi) is 3.20. The van der Waals surface area contributed by atoms with Crippen LogP contribution in [0.1, 0.15) is 10.4 Å². The lowest BCUT2D eigenvalue weighted by Crippen LogP contribution is -2.23. The summed E-state index contributed by atoms with van der Waals surface area (Å²) in [5, 5.41) is 2.41. The molecule has 100 valence electrons. The molecule has 0 aliphatic heterocycles. The maximum Gasteiger partial charge on any atom is 0.259 e. The van der Waals surface area contributed by atoms with E-state index in [0.717, 1.165) is 4.70 Å². The number of ketones is 1. The summed E-state index contributed by atoms with van der Waals surface area (Å²) in [5.74, 6) is -0.984. The molecule has 3 aromatic rings. The third kappa shape index (κ3) is 2.16. The van der Waals surface area contributed by atoms with Crippen molar-refractivity contribution in [1.82, 2.24) is 4.57 Å². The number of halogens is 1. The molecule has 3 nitrogen and oxygen atoms in total. The van der Waals surface area contributed by atoms with E-state index in [0.29, 0.717) is 5.39 Å². The summed E-state index contributed by atoms with van der Waals surface area (Å²) in [5.41, 5.74) is -0.224. The van der Waals surface area contributed by atoms with E-state index in [1.54, 1.807) is 24.4 Å². The molecule has 0 unspecified atom stereocenters. The highest BCUT2D eigenvalue weighted by Gasteiger charge is 2.13. The summed E-state index contributed by atoms with van der Waals surface area (Å²) in [7, 11) is 0. The lowest BCUT2D eigenvalue weighted by Gasteiger charge is -2.06. The third-order valence-corrected chi connectivity index (χ3v) is 3.96. The zero-order chi connectivity index (χ0) is 14.1. The van der Waals surface area contributed by atoms with Gasteiger partial charge in [-0.15, -0.1) is 11.3 Å². The van der Waals surface area contributed by atoms with Crippen molar-refractivity contribution in [3.63, 3.8) is 0 Å². The lowest BCUT2D eigenvalue weighted by molar-refractivity contribution is 0.0967. The fourth-order valence-corrected chi connectivity index (χ4v) is 2.83. The van der Waals surface area contributed by atoms with Gasteiger partial charge in [0.25, 0.3) is 5.56 Å². The first-order valence-electron chi connectivity index (χ1n) is 6.01. The number of carbonyl (C=O) groups is 1. The Morgan fingerprint density at radius 3 is 2.80 bits per heavy atom. The molecule has 0 fully saturated rings. The van der Waals surface area contributed by atoms with Crippen molar-refractivity contribution in [2.75, 3.05) is 0 Å². The normalized spacial score (nSPS) is 10.8. The number of fused-ring (bicyclic) bond motifs is 1. The maximum atomic E-state index is 13.5. The second kappa shape index (κ2) is 5.02. The first-order chi connectivity index (χ1) is 9.66. The van der Waals surface area contributed by atoms with Gasteiger partial charge in [-0.25, -0.2) is 4.39 Å². The summed E-state index contributed by atoms with van der Waals surface area (Å²) >= 11 is 1.47. The summed E-state index contributed by atoms with van der Waals surface area (Å²) < 4.78 is 15.7. The van der Waals surface area contributed by atoms with Crippen LogP contribution in [-0.4, -0.2) is 10.4 Å². The topological polar surface area (TPSA) is 39.1 Å². The van der Waals surface area contributed by atoms with Crippen LogP contribution in [0, 0.1) is 5.82 Å². The number of rotatable bonds is 3. The zero-order valence-corrected chi connectivity index (χ0v) is 11.2. The fraction of sp³-hybridized carbons (Fsp3) is 0.0667. The van der Waals surface area contributed by atoms with Crippen molar-refractivity contribution in [3.05, 3.63) is 69.7 Å². The second-order valence-electron chi connectivity index (χ2n) is 4.35. The molecule has 3 rings (SSSR count). The zero-order valence-electron chi connectivity index (χ0n) is 10.4. The fourth-order valence-electron chi connectivity index (χ4n) is 2.06.